The Morgan fingerprint density at radius 3 is 2.27 bits per heavy atom. The first-order chi connectivity index (χ1) is 12.7. The molecule has 138 valence electrons. The van der Waals surface area contributed by atoms with Crippen molar-refractivity contribution < 1.29 is 9.50 Å². The van der Waals surface area contributed by atoms with Gasteiger partial charge < -0.3 is 5.11 Å². The second-order valence-electron chi connectivity index (χ2n) is 7.71. The number of likely N-dealkylation sites (tertiary alicyclic amines) is 2. The molecule has 2 aromatic carbocycles. The van der Waals surface area contributed by atoms with Gasteiger partial charge in [-0.2, -0.15) is 0 Å². The highest BCUT2D eigenvalue weighted by Crippen LogP contribution is 2.31. The predicted octanol–water partition coefficient (Wildman–Crippen LogP) is 3.99. The third kappa shape index (κ3) is 4.08. The van der Waals surface area contributed by atoms with Gasteiger partial charge in [0.1, 0.15) is 11.6 Å². The van der Waals surface area contributed by atoms with Crippen LogP contribution in [0, 0.1) is 5.82 Å². The lowest BCUT2D eigenvalue weighted by atomic mass is 9.89. The van der Waals surface area contributed by atoms with Crippen LogP contribution in [0.1, 0.15) is 36.3 Å². The van der Waals surface area contributed by atoms with Crippen molar-refractivity contribution in [3.05, 3.63) is 65.5 Å². The molecule has 0 spiro atoms. The first-order valence-corrected chi connectivity index (χ1v) is 9.67. The molecule has 2 aromatic rings. The molecule has 0 amide bonds. The van der Waals surface area contributed by atoms with Crippen molar-refractivity contribution in [1.29, 1.82) is 0 Å². The summed E-state index contributed by atoms with van der Waals surface area (Å²) in [7, 11) is 0. The Morgan fingerprint density at radius 2 is 1.58 bits per heavy atom. The summed E-state index contributed by atoms with van der Waals surface area (Å²) in [5, 5.41) is 9.45. The molecule has 4 heteroatoms. The van der Waals surface area contributed by atoms with E-state index in [0.717, 1.165) is 32.7 Å². The highest BCUT2D eigenvalue weighted by atomic mass is 19.1. The Hall–Kier alpha value is -1.91. The maximum absolute atomic E-state index is 13.0. The van der Waals surface area contributed by atoms with Gasteiger partial charge >= 0.3 is 0 Å². The maximum Gasteiger partial charge on any atom is 0.123 e. The van der Waals surface area contributed by atoms with Gasteiger partial charge in [-0.05, 0) is 73.7 Å². The average molecular weight is 354 g/mol. The third-order valence-corrected chi connectivity index (χ3v) is 5.98. The Bertz CT molecular complexity index is 708. The number of aromatic hydroxyl groups is 1. The number of nitrogens with zero attached hydrogens (tertiary/aromatic N) is 2. The van der Waals surface area contributed by atoms with E-state index in [4.69, 9.17) is 0 Å². The minimum absolute atomic E-state index is 0.162. The fourth-order valence-electron chi connectivity index (χ4n) is 4.45. The summed E-state index contributed by atoms with van der Waals surface area (Å²) < 4.78 is 13.0. The standard InChI is InChI=1S/C22H27FN2O/c23-20-5-1-17(2-6-20)15-24-12-11-21(16-24)25-13-9-19(10-14-25)18-3-7-22(26)8-4-18/h1-8,19,21,26H,9-16H2. The van der Waals surface area contributed by atoms with Gasteiger partial charge in [0, 0.05) is 25.7 Å². The summed E-state index contributed by atoms with van der Waals surface area (Å²) in [6.45, 7) is 5.46. The van der Waals surface area contributed by atoms with Crippen molar-refractivity contribution in [2.24, 2.45) is 0 Å². The summed E-state index contributed by atoms with van der Waals surface area (Å²) in [5.41, 5.74) is 2.55. The van der Waals surface area contributed by atoms with Crippen molar-refractivity contribution >= 4 is 0 Å². The van der Waals surface area contributed by atoms with E-state index in [1.165, 1.54) is 30.4 Å². The van der Waals surface area contributed by atoms with Crippen LogP contribution in [0.3, 0.4) is 0 Å². The van der Waals surface area contributed by atoms with Crippen LogP contribution in [-0.4, -0.2) is 47.1 Å². The first kappa shape index (κ1) is 17.5. The van der Waals surface area contributed by atoms with Crippen LogP contribution in [0.15, 0.2) is 48.5 Å². The highest BCUT2D eigenvalue weighted by molar-refractivity contribution is 5.28. The Kier molecular flexibility index (Phi) is 5.23. The molecule has 3 nitrogen and oxygen atoms in total. The van der Waals surface area contributed by atoms with E-state index in [-0.39, 0.29) is 5.82 Å². The van der Waals surface area contributed by atoms with Crippen LogP contribution >= 0.6 is 0 Å². The lowest BCUT2D eigenvalue weighted by molar-refractivity contribution is 0.150. The van der Waals surface area contributed by atoms with Gasteiger partial charge in [-0.25, -0.2) is 4.39 Å². The first-order valence-electron chi connectivity index (χ1n) is 9.67. The van der Waals surface area contributed by atoms with E-state index in [2.05, 4.69) is 21.9 Å². The number of phenolic OH excluding ortho intramolecular Hbond substituents is 1. The molecule has 2 aliphatic heterocycles. The third-order valence-electron chi connectivity index (χ3n) is 5.98. The van der Waals surface area contributed by atoms with E-state index in [9.17, 15) is 9.50 Å². The molecule has 1 unspecified atom stereocenters. The van der Waals surface area contributed by atoms with Crippen molar-refractivity contribution in [2.45, 2.75) is 37.8 Å². The molecule has 2 fully saturated rings. The SMILES string of the molecule is Oc1ccc(C2CCN(C3CCN(Cc4ccc(F)cc4)C3)CC2)cc1. The molecule has 26 heavy (non-hydrogen) atoms. The minimum atomic E-state index is -0.162. The Balaban J connectivity index is 1.27. The molecular weight excluding hydrogens is 327 g/mol. The lowest BCUT2D eigenvalue weighted by Crippen LogP contribution is -2.42. The summed E-state index contributed by atoms with van der Waals surface area (Å²) >= 11 is 0. The number of piperidine rings is 1. The molecule has 1 N–H and O–H groups in total. The molecule has 0 aromatic heterocycles. The molecule has 0 radical (unpaired) electrons. The predicted molar refractivity (Wildman–Crippen MR) is 102 cm³/mol. The van der Waals surface area contributed by atoms with Crippen LogP contribution in [0.25, 0.3) is 0 Å². The van der Waals surface area contributed by atoms with Crippen LogP contribution in [0.2, 0.25) is 0 Å². The molecule has 0 bridgehead atoms. The van der Waals surface area contributed by atoms with Crippen molar-refractivity contribution in [2.75, 3.05) is 26.2 Å². The van der Waals surface area contributed by atoms with Crippen molar-refractivity contribution in [1.82, 2.24) is 9.80 Å². The minimum Gasteiger partial charge on any atom is -0.508 e. The van der Waals surface area contributed by atoms with Crippen molar-refractivity contribution in [3.8, 4) is 5.75 Å². The molecule has 2 heterocycles. The second-order valence-corrected chi connectivity index (χ2v) is 7.71. The van der Waals surface area contributed by atoms with Gasteiger partial charge in [-0.1, -0.05) is 24.3 Å². The average Bonchev–Trinajstić information content (AvgIpc) is 3.13. The molecule has 2 aliphatic rings. The number of benzene rings is 2. The van der Waals surface area contributed by atoms with Gasteiger partial charge in [-0.15, -0.1) is 0 Å². The Morgan fingerprint density at radius 1 is 0.885 bits per heavy atom. The van der Waals surface area contributed by atoms with Crippen LogP contribution in [0.5, 0.6) is 5.75 Å². The zero-order valence-electron chi connectivity index (χ0n) is 15.1. The quantitative estimate of drug-likeness (QED) is 0.899. The van der Waals surface area contributed by atoms with Gasteiger partial charge in [-0.3, -0.25) is 9.80 Å². The van der Waals surface area contributed by atoms with Gasteiger partial charge in [0.2, 0.25) is 0 Å². The van der Waals surface area contributed by atoms with E-state index < -0.39 is 0 Å². The van der Waals surface area contributed by atoms with Gasteiger partial charge in [0.05, 0.1) is 0 Å². The molecular formula is C22H27FN2O. The zero-order valence-corrected chi connectivity index (χ0v) is 15.1. The van der Waals surface area contributed by atoms with E-state index in [1.54, 1.807) is 24.3 Å². The fraction of sp³-hybridized carbons (Fsp3) is 0.455. The summed E-state index contributed by atoms with van der Waals surface area (Å²) in [6.07, 6.45) is 3.61. The van der Waals surface area contributed by atoms with Gasteiger partial charge in [0.15, 0.2) is 0 Å². The Labute approximate surface area is 155 Å². The van der Waals surface area contributed by atoms with Gasteiger partial charge in [0.25, 0.3) is 0 Å². The van der Waals surface area contributed by atoms with Crippen LogP contribution < -0.4 is 0 Å². The normalized spacial score (nSPS) is 22.7. The smallest absolute Gasteiger partial charge is 0.123 e. The molecule has 0 saturated carbocycles. The summed E-state index contributed by atoms with van der Waals surface area (Å²) in [6, 6.07) is 15.3. The number of halogens is 1. The lowest BCUT2D eigenvalue weighted by Gasteiger charge is -2.36. The monoisotopic (exact) mass is 354 g/mol. The topological polar surface area (TPSA) is 26.7 Å². The number of hydrogen-bond donors (Lipinski definition) is 1. The highest BCUT2D eigenvalue weighted by Gasteiger charge is 2.30. The van der Waals surface area contributed by atoms with Crippen LogP contribution in [-0.2, 0) is 6.54 Å². The summed E-state index contributed by atoms with van der Waals surface area (Å²) in [5.74, 6) is 0.798. The zero-order chi connectivity index (χ0) is 17.9. The second kappa shape index (κ2) is 7.77. The number of phenols is 1. The van der Waals surface area contributed by atoms with E-state index in [1.807, 2.05) is 12.1 Å². The summed E-state index contributed by atoms with van der Waals surface area (Å²) in [4.78, 5) is 5.14. The maximum atomic E-state index is 13.0. The number of rotatable bonds is 4. The van der Waals surface area contributed by atoms with E-state index in [0.29, 0.717) is 17.7 Å². The largest absolute Gasteiger partial charge is 0.508 e. The van der Waals surface area contributed by atoms with Crippen molar-refractivity contribution in [3.63, 3.8) is 0 Å². The molecule has 1 atom stereocenters. The molecule has 0 aliphatic carbocycles. The number of hydrogen-bond acceptors (Lipinski definition) is 3. The van der Waals surface area contributed by atoms with E-state index >= 15 is 0 Å². The van der Waals surface area contributed by atoms with Crippen LogP contribution in [0.4, 0.5) is 4.39 Å². The fourth-order valence-corrected chi connectivity index (χ4v) is 4.45. The molecule has 2 saturated heterocycles. The molecule has 4 rings (SSSR count).